The molecule has 1 aliphatic heterocycles. The molecule has 0 aliphatic carbocycles. The van der Waals surface area contributed by atoms with E-state index < -0.39 is 37.3 Å². The van der Waals surface area contributed by atoms with Gasteiger partial charge in [-0.25, -0.2) is 0 Å². The lowest BCUT2D eigenvalue weighted by atomic mass is 9.97. The van der Waals surface area contributed by atoms with Crippen molar-refractivity contribution in [3.05, 3.63) is 0 Å². The Morgan fingerprint density at radius 3 is 2.62 bits per heavy atom. The summed E-state index contributed by atoms with van der Waals surface area (Å²) in [4.78, 5) is 0. The normalized spacial score (nSPS) is 47.4. The summed E-state index contributed by atoms with van der Waals surface area (Å²) < 4.78 is 11.7. The number of hydrogen-bond acceptors (Lipinski definition) is 6. The van der Waals surface area contributed by atoms with E-state index in [0.717, 1.165) is 0 Å². The zero-order chi connectivity index (χ0) is 10.7. The van der Waals surface area contributed by atoms with E-state index >= 15 is 0 Å². The monoisotopic (exact) mass is 194 g/mol. The van der Waals surface area contributed by atoms with Crippen LogP contribution in [0.5, 0.6) is 0 Å². The summed E-state index contributed by atoms with van der Waals surface area (Å²) in [6, 6.07) is -0.912. The molecule has 5 atom stereocenters. The van der Waals surface area contributed by atoms with Crippen molar-refractivity contribution in [2.45, 2.75) is 30.6 Å². The number of ether oxygens (including phenoxy) is 1. The van der Waals surface area contributed by atoms with Gasteiger partial charge < -0.3 is 30.5 Å². The smallest absolute Gasteiger partial charge is 0.173 e. The van der Waals surface area contributed by atoms with Gasteiger partial charge in [0.2, 0.25) is 0 Å². The standard InChI is InChI=1S/C7H15NO5/c1-8-4-6(11)5(10)3(2-9)13-7(4)12/h3-12H,2H2,1H3/t3-,4-,5+,6-,7?/m1/s1/i1D. The van der Waals surface area contributed by atoms with Gasteiger partial charge in [0, 0.05) is 1.37 Å². The number of rotatable bonds is 2. The largest absolute Gasteiger partial charge is 0.394 e. The molecule has 78 valence electrons. The Morgan fingerprint density at radius 1 is 1.38 bits per heavy atom. The maximum Gasteiger partial charge on any atom is 0.173 e. The predicted octanol–water partition coefficient (Wildman–Crippen LogP) is -2.99. The quantitative estimate of drug-likeness (QED) is 0.321. The van der Waals surface area contributed by atoms with E-state index in [9.17, 15) is 15.3 Å². The van der Waals surface area contributed by atoms with Crippen LogP contribution in [0.15, 0.2) is 0 Å². The maximum atomic E-state index is 9.49. The Balaban J connectivity index is 2.63. The summed E-state index contributed by atoms with van der Waals surface area (Å²) in [5.41, 5.74) is 0. The first-order valence-corrected chi connectivity index (χ1v) is 3.95. The molecule has 0 spiro atoms. The number of aliphatic hydroxyl groups excluding tert-OH is 4. The third-order valence-electron chi connectivity index (χ3n) is 2.14. The van der Waals surface area contributed by atoms with Crippen molar-refractivity contribution in [3.8, 4) is 0 Å². The van der Waals surface area contributed by atoms with Crippen LogP contribution in [0.25, 0.3) is 0 Å². The highest BCUT2D eigenvalue weighted by Crippen LogP contribution is 2.18. The van der Waals surface area contributed by atoms with Gasteiger partial charge in [0.15, 0.2) is 6.29 Å². The fourth-order valence-electron chi connectivity index (χ4n) is 1.32. The molecule has 5 N–H and O–H groups in total. The van der Waals surface area contributed by atoms with Gasteiger partial charge >= 0.3 is 0 Å². The molecule has 0 bridgehead atoms. The fourth-order valence-corrected chi connectivity index (χ4v) is 1.32. The topological polar surface area (TPSA) is 102 Å². The minimum Gasteiger partial charge on any atom is -0.394 e. The molecule has 0 amide bonds. The van der Waals surface area contributed by atoms with Crippen molar-refractivity contribution in [1.82, 2.24) is 5.32 Å². The van der Waals surface area contributed by atoms with E-state index in [4.69, 9.17) is 11.2 Å². The molecule has 0 aromatic heterocycles. The first-order chi connectivity index (χ1) is 6.61. The Hall–Kier alpha value is -0.240. The first-order valence-electron chi connectivity index (χ1n) is 4.65. The molecular weight excluding hydrogens is 178 g/mol. The molecule has 6 nitrogen and oxygen atoms in total. The number of nitrogens with one attached hydrogen (secondary N) is 1. The molecule has 1 saturated heterocycles. The number of likely N-dealkylation sites (N-methyl/N-ethyl adjacent to an activating group) is 1. The van der Waals surface area contributed by atoms with Crippen LogP contribution in [0.4, 0.5) is 0 Å². The average molecular weight is 194 g/mol. The van der Waals surface area contributed by atoms with E-state index in [0.29, 0.717) is 0 Å². The van der Waals surface area contributed by atoms with Crippen LogP contribution in [0, 0.1) is 0 Å². The molecule has 1 heterocycles. The minimum absolute atomic E-state index is 0.210. The second-order valence-electron chi connectivity index (χ2n) is 2.96. The Kier molecular flexibility index (Phi) is 3.09. The highest BCUT2D eigenvalue weighted by Gasteiger charge is 2.42. The SMILES string of the molecule is [2H]CN[C@H]1C(O)O[C@H](CO)[C@H](O)[C@@H]1O. The Labute approximate surface area is 77.2 Å². The number of hydrogen-bond donors (Lipinski definition) is 5. The third-order valence-corrected chi connectivity index (χ3v) is 2.14. The predicted molar refractivity (Wildman–Crippen MR) is 42.8 cm³/mol. The van der Waals surface area contributed by atoms with E-state index in [1.54, 1.807) is 0 Å². The van der Waals surface area contributed by atoms with Gasteiger partial charge in [0.05, 0.1) is 12.6 Å². The molecule has 0 radical (unpaired) electrons. The van der Waals surface area contributed by atoms with Crippen LogP contribution >= 0.6 is 0 Å². The fraction of sp³-hybridized carbons (Fsp3) is 1.00. The summed E-state index contributed by atoms with van der Waals surface area (Å²) in [6.07, 6.45) is -4.87. The Morgan fingerprint density at radius 2 is 2.08 bits per heavy atom. The van der Waals surface area contributed by atoms with Crippen molar-refractivity contribution in [1.29, 1.82) is 0 Å². The van der Waals surface area contributed by atoms with E-state index in [2.05, 4.69) is 5.32 Å². The van der Waals surface area contributed by atoms with Crippen LogP contribution in [0.1, 0.15) is 1.37 Å². The summed E-state index contributed by atoms with van der Waals surface area (Å²) in [5, 5.41) is 39.4. The van der Waals surface area contributed by atoms with Gasteiger partial charge in [-0.2, -0.15) is 0 Å². The molecule has 1 rings (SSSR count). The Bertz CT molecular complexity index is 183. The molecule has 0 aromatic carbocycles. The van der Waals surface area contributed by atoms with Gasteiger partial charge in [-0.3, -0.25) is 0 Å². The highest BCUT2D eigenvalue weighted by molar-refractivity contribution is 4.91. The zero-order valence-electron chi connectivity index (χ0n) is 8.00. The second-order valence-corrected chi connectivity index (χ2v) is 2.96. The molecular formula is C7H15NO5. The molecule has 1 aliphatic rings. The first kappa shape index (κ1) is 9.32. The maximum absolute atomic E-state index is 9.49. The lowest BCUT2D eigenvalue weighted by molar-refractivity contribution is -0.253. The lowest BCUT2D eigenvalue weighted by Gasteiger charge is -2.39. The minimum atomic E-state index is -1.34. The lowest BCUT2D eigenvalue weighted by Crippen LogP contribution is -2.62. The van der Waals surface area contributed by atoms with Crippen LogP contribution in [-0.4, -0.2) is 64.7 Å². The van der Waals surface area contributed by atoms with Crippen molar-refractivity contribution in [3.63, 3.8) is 0 Å². The van der Waals surface area contributed by atoms with Gasteiger partial charge in [0.25, 0.3) is 0 Å². The van der Waals surface area contributed by atoms with Crippen LogP contribution in [0.3, 0.4) is 0 Å². The third kappa shape index (κ3) is 1.98. The highest BCUT2D eigenvalue weighted by atomic mass is 16.6. The van der Waals surface area contributed by atoms with Crippen molar-refractivity contribution in [2.75, 3.05) is 13.6 Å². The van der Waals surface area contributed by atoms with Gasteiger partial charge in [0.1, 0.15) is 18.3 Å². The second kappa shape index (κ2) is 4.32. The van der Waals surface area contributed by atoms with Crippen LogP contribution in [0.2, 0.25) is 0 Å². The van der Waals surface area contributed by atoms with Crippen molar-refractivity contribution >= 4 is 0 Å². The summed E-state index contributed by atoms with van der Waals surface area (Å²) >= 11 is 0. The zero-order valence-corrected chi connectivity index (χ0v) is 7.00. The van der Waals surface area contributed by atoms with E-state index in [1.807, 2.05) is 0 Å². The van der Waals surface area contributed by atoms with Crippen LogP contribution < -0.4 is 5.32 Å². The van der Waals surface area contributed by atoms with Crippen LogP contribution in [-0.2, 0) is 4.74 Å². The summed E-state index contributed by atoms with van der Waals surface area (Å²) in [7, 11) is -0.210. The summed E-state index contributed by atoms with van der Waals surface area (Å²) in [6.45, 7) is -0.483. The van der Waals surface area contributed by atoms with Crippen molar-refractivity contribution < 1.29 is 26.5 Å². The molecule has 13 heavy (non-hydrogen) atoms. The molecule has 6 heteroatoms. The average Bonchev–Trinajstić information content (AvgIpc) is 2.18. The van der Waals surface area contributed by atoms with Gasteiger partial charge in [-0.15, -0.1) is 0 Å². The van der Waals surface area contributed by atoms with Crippen molar-refractivity contribution in [2.24, 2.45) is 0 Å². The number of aliphatic hydroxyl groups is 4. The molecule has 1 fully saturated rings. The van der Waals surface area contributed by atoms with Gasteiger partial charge in [-0.1, -0.05) is 0 Å². The molecule has 1 unspecified atom stereocenters. The molecule has 0 aromatic rings. The van der Waals surface area contributed by atoms with E-state index in [-0.39, 0.29) is 7.02 Å². The summed E-state index contributed by atoms with van der Waals surface area (Å²) in [5.74, 6) is 0. The molecule has 0 saturated carbocycles. The van der Waals surface area contributed by atoms with Gasteiger partial charge in [-0.05, 0) is 7.02 Å². The van der Waals surface area contributed by atoms with E-state index in [1.165, 1.54) is 0 Å².